The van der Waals surface area contributed by atoms with E-state index >= 15 is 0 Å². The normalized spacial score (nSPS) is 11.0. The second kappa shape index (κ2) is 7.05. The van der Waals surface area contributed by atoms with Crippen molar-refractivity contribution in [3.05, 3.63) is 46.6 Å². The summed E-state index contributed by atoms with van der Waals surface area (Å²) in [7, 11) is 1.91. The van der Waals surface area contributed by atoms with Crippen molar-refractivity contribution in [3.8, 4) is 5.75 Å². The van der Waals surface area contributed by atoms with E-state index in [4.69, 9.17) is 9.47 Å². The Kier molecular flexibility index (Phi) is 4.85. The predicted molar refractivity (Wildman–Crippen MR) is 94.4 cm³/mol. The van der Waals surface area contributed by atoms with E-state index in [1.807, 2.05) is 55.2 Å². The molecule has 0 aliphatic carbocycles. The molecule has 3 rings (SSSR count). The molecule has 126 valence electrons. The molecule has 2 heterocycles. The number of nitrogens with zero attached hydrogens (tertiary/aromatic N) is 2. The Morgan fingerprint density at radius 1 is 1.33 bits per heavy atom. The van der Waals surface area contributed by atoms with Crippen molar-refractivity contribution in [1.29, 1.82) is 0 Å². The fourth-order valence-corrected chi connectivity index (χ4v) is 3.60. The second-order valence-electron chi connectivity index (χ2n) is 5.59. The molecule has 0 N–H and O–H groups in total. The maximum atomic E-state index is 11.7. The highest BCUT2D eigenvalue weighted by molar-refractivity contribution is 7.17. The number of carbonyl (C=O) groups is 1. The van der Waals surface area contributed by atoms with Crippen molar-refractivity contribution in [2.24, 2.45) is 7.05 Å². The summed E-state index contributed by atoms with van der Waals surface area (Å²) >= 11 is 1.61. The van der Waals surface area contributed by atoms with Crippen LogP contribution in [0.25, 0.3) is 10.1 Å². The zero-order valence-electron chi connectivity index (χ0n) is 14.0. The van der Waals surface area contributed by atoms with Gasteiger partial charge < -0.3 is 9.47 Å². The summed E-state index contributed by atoms with van der Waals surface area (Å²) in [6.07, 6.45) is 0.308. The van der Waals surface area contributed by atoms with E-state index in [1.165, 1.54) is 0 Å². The van der Waals surface area contributed by atoms with Gasteiger partial charge in [-0.1, -0.05) is 0 Å². The third-order valence-corrected chi connectivity index (χ3v) is 4.75. The highest BCUT2D eigenvalue weighted by atomic mass is 32.1. The molecule has 6 heteroatoms. The molecule has 2 aromatic heterocycles. The molecule has 0 aliphatic heterocycles. The Balaban J connectivity index is 1.72. The van der Waals surface area contributed by atoms with Gasteiger partial charge in [0.25, 0.3) is 0 Å². The van der Waals surface area contributed by atoms with E-state index in [0.717, 1.165) is 32.8 Å². The number of hydrogen-bond donors (Lipinski definition) is 0. The summed E-state index contributed by atoms with van der Waals surface area (Å²) in [5.74, 6) is 0.620. The first kappa shape index (κ1) is 16.5. The lowest BCUT2D eigenvalue weighted by Gasteiger charge is -2.07. The van der Waals surface area contributed by atoms with Gasteiger partial charge in [0, 0.05) is 11.7 Å². The fraction of sp³-hybridized carbons (Fsp3) is 0.333. The molecule has 0 saturated heterocycles. The van der Waals surface area contributed by atoms with Crippen LogP contribution in [0, 0.1) is 6.92 Å². The van der Waals surface area contributed by atoms with Crippen LogP contribution in [0.5, 0.6) is 5.75 Å². The monoisotopic (exact) mass is 344 g/mol. The molecule has 0 saturated carbocycles. The van der Waals surface area contributed by atoms with E-state index in [1.54, 1.807) is 11.3 Å². The second-order valence-corrected chi connectivity index (χ2v) is 6.50. The molecule has 0 fully saturated rings. The number of fused-ring (bicyclic) bond motifs is 1. The molecule has 0 bridgehead atoms. The van der Waals surface area contributed by atoms with Gasteiger partial charge in [0.2, 0.25) is 0 Å². The smallest absolute Gasteiger partial charge is 0.310 e. The van der Waals surface area contributed by atoms with E-state index < -0.39 is 0 Å². The van der Waals surface area contributed by atoms with Crippen LogP contribution >= 0.6 is 11.3 Å². The summed E-state index contributed by atoms with van der Waals surface area (Å²) in [6.45, 7) is 4.67. The molecule has 3 aromatic rings. The third kappa shape index (κ3) is 3.59. The van der Waals surface area contributed by atoms with Crippen LogP contribution in [-0.2, 0) is 29.6 Å². The van der Waals surface area contributed by atoms with Gasteiger partial charge in [-0.05, 0) is 54.4 Å². The number of carbonyl (C=O) groups excluding carboxylic acids is 1. The van der Waals surface area contributed by atoms with Gasteiger partial charge in [-0.25, -0.2) is 0 Å². The number of hydrogen-bond acceptors (Lipinski definition) is 5. The minimum atomic E-state index is -0.191. The molecule has 0 aliphatic rings. The van der Waals surface area contributed by atoms with E-state index in [0.29, 0.717) is 19.6 Å². The maximum Gasteiger partial charge on any atom is 0.310 e. The average molecular weight is 344 g/mol. The van der Waals surface area contributed by atoms with Gasteiger partial charge in [0.05, 0.1) is 24.4 Å². The standard InChI is InChI=1S/C18H20N2O3S/c1-4-22-18(21)8-13-11-24-17-9-15(5-6-16(13)17)23-10-14-7-12(2)19-20(14)3/h5-7,9,11H,4,8,10H2,1-3H3. The fourth-order valence-electron chi connectivity index (χ4n) is 2.61. The van der Waals surface area contributed by atoms with Crippen molar-refractivity contribution in [2.75, 3.05) is 6.61 Å². The molecule has 0 radical (unpaired) electrons. The third-order valence-electron chi connectivity index (χ3n) is 3.75. The predicted octanol–water partition coefficient (Wildman–Crippen LogP) is 3.63. The van der Waals surface area contributed by atoms with Crippen LogP contribution in [0.2, 0.25) is 0 Å². The Labute approximate surface area is 144 Å². The Bertz CT molecular complexity index is 866. The number of esters is 1. The molecule has 0 amide bonds. The number of aryl methyl sites for hydroxylation is 2. The highest BCUT2D eigenvalue weighted by Crippen LogP contribution is 2.30. The molecule has 0 spiro atoms. The van der Waals surface area contributed by atoms with Crippen LogP contribution in [0.15, 0.2) is 29.6 Å². The topological polar surface area (TPSA) is 53.4 Å². The minimum Gasteiger partial charge on any atom is -0.487 e. The Morgan fingerprint density at radius 2 is 2.17 bits per heavy atom. The first-order valence-electron chi connectivity index (χ1n) is 7.85. The van der Waals surface area contributed by atoms with E-state index in [9.17, 15) is 4.79 Å². The Hall–Kier alpha value is -2.34. The van der Waals surface area contributed by atoms with Crippen molar-refractivity contribution in [2.45, 2.75) is 26.9 Å². The lowest BCUT2D eigenvalue weighted by Crippen LogP contribution is -2.06. The highest BCUT2D eigenvalue weighted by Gasteiger charge is 2.11. The van der Waals surface area contributed by atoms with Gasteiger partial charge >= 0.3 is 5.97 Å². The largest absolute Gasteiger partial charge is 0.487 e. The first-order chi connectivity index (χ1) is 11.6. The molecular formula is C18H20N2O3S. The first-order valence-corrected chi connectivity index (χ1v) is 8.73. The van der Waals surface area contributed by atoms with Crippen LogP contribution in [0.4, 0.5) is 0 Å². The summed E-state index contributed by atoms with van der Waals surface area (Å²) in [4.78, 5) is 11.7. The van der Waals surface area contributed by atoms with Crippen molar-refractivity contribution in [1.82, 2.24) is 9.78 Å². The van der Waals surface area contributed by atoms with Gasteiger partial charge in [0.1, 0.15) is 12.4 Å². The Morgan fingerprint density at radius 3 is 2.88 bits per heavy atom. The molecule has 0 unspecified atom stereocenters. The van der Waals surface area contributed by atoms with Crippen molar-refractivity contribution in [3.63, 3.8) is 0 Å². The maximum absolute atomic E-state index is 11.7. The quantitative estimate of drug-likeness (QED) is 0.641. The zero-order valence-corrected chi connectivity index (χ0v) is 14.9. The van der Waals surface area contributed by atoms with E-state index in [2.05, 4.69) is 5.10 Å². The summed E-state index contributed by atoms with van der Waals surface area (Å²) < 4.78 is 13.8. The SMILES string of the molecule is CCOC(=O)Cc1csc2cc(OCc3cc(C)nn3C)ccc12. The zero-order chi connectivity index (χ0) is 17.1. The number of aromatic nitrogens is 2. The molecule has 1 aromatic carbocycles. The van der Waals surface area contributed by atoms with Crippen LogP contribution < -0.4 is 4.74 Å². The molecule has 5 nitrogen and oxygen atoms in total. The number of benzene rings is 1. The van der Waals surface area contributed by atoms with Gasteiger partial charge in [-0.2, -0.15) is 5.10 Å². The average Bonchev–Trinajstić information content (AvgIpc) is 3.08. The summed E-state index contributed by atoms with van der Waals surface area (Å²) in [5.41, 5.74) is 3.01. The van der Waals surface area contributed by atoms with Gasteiger partial charge in [0.15, 0.2) is 0 Å². The van der Waals surface area contributed by atoms with Gasteiger partial charge in [-0.15, -0.1) is 11.3 Å². The molecular weight excluding hydrogens is 324 g/mol. The number of ether oxygens (including phenoxy) is 2. The molecule has 0 atom stereocenters. The molecule has 24 heavy (non-hydrogen) atoms. The summed E-state index contributed by atoms with van der Waals surface area (Å²) in [5, 5.41) is 7.40. The van der Waals surface area contributed by atoms with Crippen LogP contribution in [-0.4, -0.2) is 22.4 Å². The van der Waals surface area contributed by atoms with Crippen LogP contribution in [0.3, 0.4) is 0 Å². The lowest BCUT2D eigenvalue weighted by molar-refractivity contribution is -0.142. The number of thiophene rings is 1. The van der Waals surface area contributed by atoms with Gasteiger partial charge in [-0.3, -0.25) is 9.48 Å². The van der Waals surface area contributed by atoms with Crippen molar-refractivity contribution < 1.29 is 14.3 Å². The lowest BCUT2D eigenvalue weighted by atomic mass is 10.1. The number of rotatable bonds is 6. The summed E-state index contributed by atoms with van der Waals surface area (Å²) in [6, 6.07) is 7.97. The van der Waals surface area contributed by atoms with Crippen molar-refractivity contribution >= 4 is 27.4 Å². The minimum absolute atomic E-state index is 0.191. The van der Waals surface area contributed by atoms with E-state index in [-0.39, 0.29) is 5.97 Å². The van der Waals surface area contributed by atoms with Crippen LogP contribution in [0.1, 0.15) is 23.9 Å².